The van der Waals surface area contributed by atoms with E-state index in [0.29, 0.717) is 0 Å². The lowest BCUT2D eigenvalue weighted by molar-refractivity contribution is 0.404. The Hall–Kier alpha value is -0.970. The van der Waals surface area contributed by atoms with Crippen LogP contribution in [0, 0.1) is 0 Å². The molecule has 0 amide bonds. The fraction of sp³-hybridized carbons (Fsp3) is 0.294. The molecule has 0 heterocycles. The van der Waals surface area contributed by atoms with Crippen LogP contribution in [0.2, 0.25) is 0 Å². The molecule has 0 bridgehead atoms. The first-order chi connectivity index (χ1) is 10.2. The average Bonchev–Trinajstić information content (AvgIpc) is 2.52. The summed E-state index contributed by atoms with van der Waals surface area (Å²) in [5, 5.41) is 3.58. The van der Waals surface area contributed by atoms with Gasteiger partial charge in [-0.05, 0) is 42.6 Å². The number of hydrogen-bond donors (Lipinski definition) is 1. The maximum Gasteiger partial charge on any atom is 0.124 e. The molecule has 1 N–H and O–H groups in total. The minimum atomic E-state index is 0.117. The van der Waals surface area contributed by atoms with Crippen molar-refractivity contribution in [1.82, 2.24) is 5.32 Å². The standard InChI is InChI=1S/C17H20BrNOS/c1-4-19-17(13-7-5-6-8-16(13)21-3)14-11-12(18)9-10-15(14)20-2/h5-11,17,19H,4H2,1-3H3. The molecule has 4 heteroatoms. The maximum absolute atomic E-state index is 5.55. The van der Waals surface area contributed by atoms with E-state index < -0.39 is 0 Å². The quantitative estimate of drug-likeness (QED) is 0.737. The third-order valence-corrected chi connectivity index (χ3v) is 4.67. The van der Waals surface area contributed by atoms with E-state index in [4.69, 9.17) is 4.74 Å². The lowest BCUT2D eigenvalue weighted by Gasteiger charge is -2.23. The molecule has 0 radical (unpaired) electrons. The van der Waals surface area contributed by atoms with Crippen LogP contribution in [0.4, 0.5) is 0 Å². The molecule has 0 spiro atoms. The smallest absolute Gasteiger partial charge is 0.124 e. The Labute approximate surface area is 139 Å². The van der Waals surface area contributed by atoms with E-state index in [1.165, 1.54) is 10.5 Å². The zero-order chi connectivity index (χ0) is 15.2. The molecule has 2 rings (SSSR count). The van der Waals surface area contributed by atoms with Crippen LogP contribution >= 0.6 is 27.7 Å². The van der Waals surface area contributed by atoms with Crippen molar-refractivity contribution in [1.29, 1.82) is 0 Å². The van der Waals surface area contributed by atoms with E-state index >= 15 is 0 Å². The molecule has 0 fully saturated rings. The number of ether oxygens (including phenoxy) is 1. The van der Waals surface area contributed by atoms with Crippen molar-refractivity contribution in [3.05, 3.63) is 58.1 Å². The van der Waals surface area contributed by atoms with Gasteiger partial charge in [0.2, 0.25) is 0 Å². The van der Waals surface area contributed by atoms with Crippen molar-refractivity contribution in [2.24, 2.45) is 0 Å². The summed E-state index contributed by atoms with van der Waals surface area (Å²) in [5.41, 5.74) is 2.43. The Morgan fingerprint density at radius 1 is 1.19 bits per heavy atom. The van der Waals surface area contributed by atoms with Crippen molar-refractivity contribution < 1.29 is 4.74 Å². The summed E-state index contributed by atoms with van der Waals surface area (Å²) in [4.78, 5) is 1.28. The van der Waals surface area contributed by atoms with Crippen LogP contribution in [-0.4, -0.2) is 19.9 Å². The largest absolute Gasteiger partial charge is 0.496 e. The lowest BCUT2D eigenvalue weighted by Crippen LogP contribution is -2.23. The van der Waals surface area contributed by atoms with Gasteiger partial charge in [-0.1, -0.05) is 41.1 Å². The van der Waals surface area contributed by atoms with Crippen LogP contribution in [0.15, 0.2) is 51.8 Å². The minimum Gasteiger partial charge on any atom is -0.496 e. The predicted octanol–water partition coefficient (Wildman–Crippen LogP) is 4.88. The van der Waals surface area contributed by atoms with Gasteiger partial charge in [-0.15, -0.1) is 11.8 Å². The van der Waals surface area contributed by atoms with E-state index in [9.17, 15) is 0 Å². The number of methoxy groups -OCH3 is 1. The first-order valence-electron chi connectivity index (χ1n) is 6.91. The number of benzene rings is 2. The van der Waals surface area contributed by atoms with Crippen LogP contribution in [0.25, 0.3) is 0 Å². The number of rotatable bonds is 6. The van der Waals surface area contributed by atoms with Gasteiger partial charge in [-0.2, -0.15) is 0 Å². The number of nitrogens with one attached hydrogen (secondary N) is 1. The van der Waals surface area contributed by atoms with E-state index in [2.05, 4.69) is 64.8 Å². The molecular weight excluding hydrogens is 346 g/mol. The van der Waals surface area contributed by atoms with Gasteiger partial charge in [0.25, 0.3) is 0 Å². The second-order valence-electron chi connectivity index (χ2n) is 4.62. The highest BCUT2D eigenvalue weighted by molar-refractivity contribution is 9.10. The third kappa shape index (κ3) is 3.82. The van der Waals surface area contributed by atoms with Crippen LogP contribution in [0.3, 0.4) is 0 Å². The molecule has 21 heavy (non-hydrogen) atoms. The molecule has 1 atom stereocenters. The maximum atomic E-state index is 5.55. The number of halogens is 1. The van der Waals surface area contributed by atoms with E-state index in [1.54, 1.807) is 18.9 Å². The van der Waals surface area contributed by atoms with Gasteiger partial charge >= 0.3 is 0 Å². The molecule has 1 unspecified atom stereocenters. The fourth-order valence-corrected chi connectivity index (χ4v) is 3.44. The van der Waals surface area contributed by atoms with Gasteiger partial charge in [0, 0.05) is 14.9 Å². The summed E-state index contributed by atoms with van der Waals surface area (Å²) in [6.07, 6.45) is 2.11. The third-order valence-electron chi connectivity index (χ3n) is 3.36. The summed E-state index contributed by atoms with van der Waals surface area (Å²) in [5.74, 6) is 0.903. The van der Waals surface area contributed by atoms with Gasteiger partial charge in [0.15, 0.2) is 0 Å². The fourth-order valence-electron chi connectivity index (χ4n) is 2.43. The van der Waals surface area contributed by atoms with Crippen molar-refractivity contribution in [2.45, 2.75) is 17.9 Å². The molecule has 0 aliphatic carbocycles. The Balaban J connectivity index is 2.55. The van der Waals surface area contributed by atoms with Crippen molar-refractivity contribution in [2.75, 3.05) is 19.9 Å². The van der Waals surface area contributed by atoms with Gasteiger partial charge in [-0.25, -0.2) is 0 Å². The van der Waals surface area contributed by atoms with Crippen molar-refractivity contribution in [3.8, 4) is 5.75 Å². The van der Waals surface area contributed by atoms with Crippen LogP contribution in [0.1, 0.15) is 24.1 Å². The van der Waals surface area contributed by atoms with Gasteiger partial charge < -0.3 is 10.1 Å². The molecule has 2 aromatic carbocycles. The monoisotopic (exact) mass is 365 g/mol. The molecule has 2 aromatic rings. The number of thioether (sulfide) groups is 1. The summed E-state index contributed by atoms with van der Waals surface area (Å²) >= 11 is 5.33. The molecule has 0 aliphatic rings. The molecule has 2 nitrogen and oxygen atoms in total. The van der Waals surface area contributed by atoms with Crippen LogP contribution < -0.4 is 10.1 Å². The molecule has 0 aliphatic heterocycles. The highest BCUT2D eigenvalue weighted by atomic mass is 79.9. The van der Waals surface area contributed by atoms with E-state index in [0.717, 1.165) is 22.3 Å². The molecular formula is C17H20BrNOS. The Morgan fingerprint density at radius 3 is 2.62 bits per heavy atom. The Morgan fingerprint density at radius 2 is 1.95 bits per heavy atom. The first-order valence-corrected chi connectivity index (χ1v) is 8.92. The Bertz CT molecular complexity index is 603. The second-order valence-corrected chi connectivity index (χ2v) is 6.38. The summed E-state index contributed by atoms with van der Waals surface area (Å²) in [6.45, 7) is 3.02. The Kier molecular flexibility index (Phi) is 6.15. The highest BCUT2D eigenvalue weighted by Gasteiger charge is 2.20. The zero-order valence-corrected chi connectivity index (χ0v) is 14.9. The second kappa shape index (κ2) is 7.87. The molecule has 0 saturated heterocycles. The average molecular weight is 366 g/mol. The van der Waals surface area contributed by atoms with Crippen molar-refractivity contribution >= 4 is 27.7 Å². The predicted molar refractivity (Wildman–Crippen MR) is 94.4 cm³/mol. The summed E-state index contributed by atoms with van der Waals surface area (Å²) < 4.78 is 6.61. The minimum absolute atomic E-state index is 0.117. The topological polar surface area (TPSA) is 21.3 Å². The summed E-state index contributed by atoms with van der Waals surface area (Å²) in [6, 6.07) is 14.8. The van der Waals surface area contributed by atoms with E-state index in [1.807, 2.05) is 12.1 Å². The van der Waals surface area contributed by atoms with Crippen LogP contribution in [-0.2, 0) is 0 Å². The SMILES string of the molecule is CCNC(c1cc(Br)ccc1OC)c1ccccc1SC. The molecule has 0 aromatic heterocycles. The van der Waals surface area contributed by atoms with Crippen molar-refractivity contribution in [3.63, 3.8) is 0 Å². The summed E-state index contributed by atoms with van der Waals surface area (Å²) in [7, 11) is 1.72. The highest BCUT2D eigenvalue weighted by Crippen LogP contribution is 2.36. The lowest BCUT2D eigenvalue weighted by atomic mass is 9.97. The molecule has 112 valence electrons. The van der Waals surface area contributed by atoms with Gasteiger partial charge in [-0.3, -0.25) is 0 Å². The number of hydrogen-bond acceptors (Lipinski definition) is 3. The van der Waals surface area contributed by atoms with Gasteiger partial charge in [0.1, 0.15) is 5.75 Å². The first kappa shape index (κ1) is 16.4. The van der Waals surface area contributed by atoms with Gasteiger partial charge in [0.05, 0.1) is 13.2 Å². The normalized spacial score (nSPS) is 12.2. The van der Waals surface area contributed by atoms with E-state index in [-0.39, 0.29) is 6.04 Å². The molecule has 0 saturated carbocycles. The van der Waals surface area contributed by atoms with Crippen LogP contribution in [0.5, 0.6) is 5.75 Å². The zero-order valence-electron chi connectivity index (χ0n) is 12.5.